The molecule has 0 bridgehead atoms. The molecule has 0 fully saturated rings. The van der Waals surface area contributed by atoms with E-state index in [1.165, 1.54) is 6.26 Å². The average molecular weight is 419 g/mol. The highest BCUT2D eigenvalue weighted by atomic mass is 16.3. The number of benzene rings is 2. The molecule has 7 nitrogen and oxygen atoms in total. The minimum absolute atomic E-state index is 0.0242. The van der Waals surface area contributed by atoms with Gasteiger partial charge >= 0.3 is 0 Å². The Kier molecular flexibility index (Phi) is 6.87. The number of rotatable bonds is 7. The largest absolute Gasteiger partial charge is 0.459 e. The maximum atomic E-state index is 12.5. The summed E-state index contributed by atoms with van der Waals surface area (Å²) in [4.78, 5) is 38.0. The smallest absolute Gasteiger partial charge is 0.291 e. The summed E-state index contributed by atoms with van der Waals surface area (Å²) in [6, 6.07) is 17.3. The van der Waals surface area contributed by atoms with Gasteiger partial charge in [-0.3, -0.25) is 14.4 Å². The molecule has 3 amide bonds. The predicted molar refractivity (Wildman–Crippen MR) is 119 cm³/mol. The van der Waals surface area contributed by atoms with Gasteiger partial charge in [-0.2, -0.15) is 0 Å². The molecule has 0 spiro atoms. The summed E-state index contributed by atoms with van der Waals surface area (Å²) in [5, 5.41) is 5.55. The number of amides is 3. The molecule has 2 N–H and O–H groups in total. The lowest BCUT2D eigenvalue weighted by Crippen LogP contribution is -2.34. The van der Waals surface area contributed by atoms with Crippen molar-refractivity contribution in [1.82, 2.24) is 4.90 Å². The molecule has 3 rings (SSSR count). The maximum absolute atomic E-state index is 12.5. The number of anilines is 2. The fraction of sp³-hybridized carbons (Fsp3) is 0.208. The van der Waals surface area contributed by atoms with Crippen LogP contribution in [0, 0.1) is 0 Å². The van der Waals surface area contributed by atoms with Gasteiger partial charge < -0.3 is 20.0 Å². The molecular weight excluding hydrogens is 394 g/mol. The van der Waals surface area contributed by atoms with E-state index in [9.17, 15) is 14.4 Å². The number of carbonyl (C=O) groups is 3. The van der Waals surface area contributed by atoms with Gasteiger partial charge in [-0.15, -0.1) is 0 Å². The molecule has 3 aromatic rings. The van der Waals surface area contributed by atoms with Crippen molar-refractivity contribution in [2.24, 2.45) is 0 Å². The average Bonchev–Trinajstić information content (AvgIpc) is 3.28. The first-order valence-electron chi connectivity index (χ1n) is 9.96. The van der Waals surface area contributed by atoms with E-state index in [4.69, 9.17) is 4.42 Å². The minimum atomic E-state index is -0.358. The van der Waals surface area contributed by atoms with Gasteiger partial charge in [0, 0.05) is 36.4 Å². The Bertz CT molecular complexity index is 1040. The molecule has 0 atom stereocenters. The van der Waals surface area contributed by atoms with Crippen molar-refractivity contribution in [3.05, 3.63) is 83.8 Å². The molecule has 0 aliphatic heterocycles. The molecule has 1 heterocycles. The third-order valence-electron chi connectivity index (χ3n) is 4.74. The van der Waals surface area contributed by atoms with Crippen molar-refractivity contribution >= 4 is 29.1 Å². The van der Waals surface area contributed by atoms with Crippen LogP contribution in [-0.4, -0.2) is 28.7 Å². The summed E-state index contributed by atoms with van der Waals surface area (Å²) in [6.45, 7) is 6.03. The van der Waals surface area contributed by atoms with E-state index in [0.717, 1.165) is 5.56 Å². The second-order valence-corrected chi connectivity index (χ2v) is 7.40. The van der Waals surface area contributed by atoms with E-state index in [1.54, 1.807) is 48.2 Å². The van der Waals surface area contributed by atoms with Crippen molar-refractivity contribution in [2.75, 3.05) is 10.6 Å². The van der Waals surface area contributed by atoms with Crippen LogP contribution >= 0.6 is 0 Å². The summed E-state index contributed by atoms with van der Waals surface area (Å²) >= 11 is 0. The summed E-state index contributed by atoms with van der Waals surface area (Å²) in [5.74, 6) is -0.381. The summed E-state index contributed by atoms with van der Waals surface area (Å²) < 4.78 is 5.05. The maximum Gasteiger partial charge on any atom is 0.291 e. The third kappa shape index (κ3) is 5.82. The van der Waals surface area contributed by atoms with Crippen LogP contribution in [0.4, 0.5) is 11.4 Å². The van der Waals surface area contributed by atoms with E-state index in [1.807, 2.05) is 38.1 Å². The summed E-state index contributed by atoms with van der Waals surface area (Å²) in [7, 11) is 0. The van der Waals surface area contributed by atoms with Crippen LogP contribution in [-0.2, 0) is 11.3 Å². The molecular formula is C24H25N3O4. The van der Waals surface area contributed by atoms with E-state index >= 15 is 0 Å². The second kappa shape index (κ2) is 9.75. The first-order chi connectivity index (χ1) is 14.8. The number of carbonyl (C=O) groups excluding carboxylic acids is 3. The number of hydrogen-bond acceptors (Lipinski definition) is 4. The van der Waals surface area contributed by atoms with Gasteiger partial charge in [-0.25, -0.2) is 0 Å². The van der Waals surface area contributed by atoms with Crippen LogP contribution < -0.4 is 10.6 Å². The lowest BCUT2D eigenvalue weighted by atomic mass is 10.1. The molecule has 7 heteroatoms. The highest BCUT2D eigenvalue weighted by molar-refractivity contribution is 6.05. The van der Waals surface area contributed by atoms with Crippen LogP contribution in [0.25, 0.3) is 0 Å². The lowest BCUT2D eigenvalue weighted by Gasteiger charge is -2.25. The zero-order valence-corrected chi connectivity index (χ0v) is 17.7. The summed E-state index contributed by atoms with van der Waals surface area (Å²) in [5.41, 5.74) is 2.66. The Morgan fingerprint density at radius 1 is 0.871 bits per heavy atom. The predicted octanol–water partition coefficient (Wildman–Crippen LogP) is 4.54. The van der Waals surface area contributed by atoms with Crippen molar-refractivity contribution in [1.29, 1.82) is 0 Å². The van der Waals surface area contributed by atoms with Crippen molar-refractivity contribution in [3.63, 3.8) is 0 Å². The van der Waals surface area contributed by atoms with Gasteiger partial charge in [-0.05, 0) is 67.9 Å². The van der Waals surface area contributed by atoms with E-state index in [2.05, 4.69) is 10.6 Å². The Hall–Kier alpha value is -3.87. The van der Waals surface area contributed by atoms with Gasteiger partial charge in [0.05, 0.1) is 6.26 Å². The van der Waals surface area contributed by atoms with Crippen molar-refractivity contribution < 1.29 is 18.8 Å². The molecule has 0 saturated carbocycles. The Morgan fingerprint density at radius 3 is 1.97 bits per heavy atom. The molecule has 31 heavy (non-hydrogen) atoms. The van der Waals surface area contributed by atoms with Gasteiger partial charge in [0.25, 0.3) is 11.8 Å². The fourth-order valence-electron chi connectivity index (χ4n) is 3.06. The topological polar surface area (TPSA) is 91.7 Å². The first-order valence-corrected chi connectivity index (χ1v) is 9.96. The van der Waals surface area contributed by atoms with Crippen LogP contribution in [0.3, 0.4) is 0 Å². The monoisotopic (exact) mass is 419 g/mol. The second-order valence-electron chi connectivity index (χ2n) is 7.40. The van der Waals surface area contributed by atoms with E-state index in [-0.39, 0.29) is 29.5 Å². The van der Waals surface area contributed by atoms with Gasteiger partial charge in [-0.1, -0.05) is 12.1 Å². The fourth-order valence-corrected chi connectivity index (χ4v) is 3.06. The molecule has 2 aromatic carbocycles. The van der Waals surface area contributed by atoms with Gasteiger partial charge in [0.1, 0.15) is 0 Å². The molecule has 0 saturated heterocycles. The molecule has 0 aliphatic carbocycles. The molecule has 0 unspecified atom stereocenters. The Balaban J connectivity index is 1.58. The van der Waals surface area contributed by atoms with Crippen LogP contribution in [0.2, 0.25) is 0 Å². The van der Waals surface area contributed by atoms with E-state index in [0.29, 0.717) is 23.5 Å². The van der Waals surface area contributed by atoms with Gasteiger partial charge in [0.15, 0.2) is 5.76 Å². The number of furan rings is 1. The third-order valence-corrected chi connectivity index (χ3v) is 4.74. The number of nitrogens with one attached hydrogen (secondary N) is 2. The normalized spacial score (nSPS) is 10.6. The zero-order valence-electron chi connectivity index (χ0n) is 17.7. The standard InChI is InChI=1S/C24H25N3O4/c1-16(2)27(17(3)28)15-18-6-10-20(11-7-18)25-23(29)19-8-12-21(13-9-19)26-24(30)22-5-4-14-31-22/h4-14,16H,15H2,1-3H3,(H,25,29)(H,26,30). The molecule has 160 valence electrons. The SMILES string of the molecule is CC(=O)N(Cc1ccc(NC(=O)c2ccc(NC(=O)c3ccco3)cc2)cc1)C(C)C. The van der Waals surface area contributed by atoms with Crippen LogP contribution in [0.15, 0.2) is 71.3 Å². The van der Waals surface area contributed by atoms with Crippen LogP contribution in [0.5, 0.6) is 0 Å². The van der Waals surface area contributed by atoms with Crippen LogP contribution in [0.1, 0.15) is 47.2 Å². The lowest BCUT2D eigenvalue weighted by molar-refractivity contribution is -0.131. The van der Waals surface area contributed by atoms with Crippen molar-refractivity contribution in [2.45, 2.75) is 33.4 Å². The number of nitrogens with zero attached hydrogens (tertiary/aromatic N) is 1. The Labute approximate surface area is 181 Å². The highest BCUT2D eigenvalue weighted by Crippen LogP contribution is 2.16. The minimum Gasteiger partial charge on any atom is -0.459 e. The van der Waals surface area contributed by atoms with Crippen molar-refractivity contribution in [3.8, 4) is 0 Å². The zero-order chi connectivity index (χ0) is 22.4. The first kappa shape index (κ1) is 21.8. The van der Waals surface area contributed by atoms with Gasteiger partial charge in [0.2, 0.25) is 5.91 Å². The number of hydrogen-bond donors (Lipinski definition) is 2. The summed E-state index contributed by atoms with van der Waals surface area (Å²) in [6.07, 6.45) is 1.43. The Morgan fingerprint density at radius 2 is 1.45 bits per heavy atom. The molecule has 0 radical (unpaired) electrons. The van der Waals surface area contributed by atoms with E-state index < -0.39 is 0 Å². The highest BCUT2D eigenvalue weighted by Gasteiger charge is 2.13. The quantitative estimate of drug-likeness (QED) is 0.588. The molecule has 1 aromatic heterocycles. The molecule has 0 aliphatic rings.